The Morgan fingerprint density at radius 1 is 1.24 bits per heavy atom. The molecule has 0 radical (unpaired) electrons. The highest BCUT2D eigenvalue weighted by molar-refractivity contribution is 7.89. The smallest absolute Gasteiger partial charge is 0.242 e. The van der Waals surface area contributed by atoms with Crippen molar-refractivity contribution in [1.82, 2.24) is 14.2 Å². The standard InChI is InChI=1S/C19H25N5O4S/c1-23(2)29(25,26)16-6-4-15(5-7-16)18-22-17(14-20)19(28-18)21-8-3-9-24-10-12-27-13-11-24/h4-7,21H,3,8-13H2,1-2H3. The van der Waals surface area contributed by atoms with Gasteiger partial charge in [0.1, 0.15) is 6.07 Å². The number of nitriles is 1. The van der Waals surface area contributed by atoms with Crippen molar-refractivity contribution in [2.45, 2.75) is 11.3 Å². The first-order chi connectivity index (χ1) is 13.9. The van der Waals surface area contributed by atoms with E-state index in [4.69, 9.17) is 9.15 Å². The second-order valence-corrected chi connectivity index (χ2v) is 9.01. The summed E-state index contributed by atoms with van der Waals surface area (Å²) in [4.78, 5) is 6.74. The van der Waals surface area contributed by atoms with Crippen molar-refractivity contribution in [1.29, 1.82) is 5.26 Å². The van der Waals surface area contributed by atoms with Gasteiger partial charge in [-0.25, -0.2) is 12.7 Å². The number of sulfonamides is 1. The summed E-state index contributed by atoms with van der Waals surface area (Å²) in [5.74, 6) is 0.598. The maximum absolute atomic E-state index is 12.2. The first-order valence-corrected chi connectivity index (χ1v) is 10.8. The molecule has 1 fully saturated rings. The van der Waals surface area contributed by atoms with Gasteiger partial charge < -0.3 is 14.5 Å². The molecule has 29 heavy (non-hydrogen) atoms. The topological polar surface area (TPSA) is 112 Å². The second kappa shape index (κ2) is 9.37. The minimum absolute atomic E-state index is 0.177. The van der Waals surface area contributed by atoms with E-state index in [0.29, 0.717) is 18.0 Å². The van der Waals surface area contributed by atoms with Crippen LogP contribution in [0.4, 0.5) is 5.88 Å². The normalized spacial score (nSPS) is 15.4. The molecular weight excluding hydrogens is 394 g/mol. The summed E-state index contributed by atoms with van der Waals surface area (Å²) >= 11 is 0. The van der Waals surface area contributed by atoms with Crippen molar-refractivity contribution in [3.63, 3.8) is 0 Å². The van der Waals surface area contributed by atoms with Crippen molar-refractivity contribution in [3.05, 3.63) is 30.0 Å². The number of benzene rings is 1. The highest BCUT2D eigenvalue weighted by atomic mass is 32.2. The van der Waals surface area contributed by atoms with Gasteiger partial charge in [0.25, 0.3) is 0 Å². The highest BCUT2D eigenvalue weighted by Gasteiger charge is 2.19. The van der Waals surface area contributed by atoms with Crippen LogP contribution in [0.15, 0.2) is 33.6 Å². The maximum atomic E-state index is 12.2. The number of ether oxygens (including phenoxy) is 1. The van der Waals surface area contributed by atoms with Crippen molar-refractivity contribution in [2.24, 2.45) is 0 Å². The molecule has 0 unspecified atom stereocenters. The lowest BCUT2D eigenvalue weighted by molar-refractivity contribution is 0.0378. The highest BCUT2D eigenvalue weighted by Crippen LogP contribution is 2.26. The minimum Gasteiger partial charge on any atom is -0.419 e. The number of morpholine rings is 1. The molecule has 1 aliphatic heterocycles. The first kappa shape index (κ1) is 21.3. The lowest BCUT2D eigenvalue weighted by Gasteiger charge is -2.26. The number of oxazole rings is 1. The number of hydrogen-bond donors (Lipinski definition) is 1. The zero-order valence-corrected chi connectivity index (χ0v) is 17.4. The quantitative estimate of drug-likeness (QED) is 0.642. The summed E-state index contributed by atoms with van der Waals surface area (Å²) in [6.45, 7) is 5.02. The Balaban J connectivity index is 1.64. The average Bonchev–Trinajstić information content (AvgIpc) is 3.15. The van der Waals surface area contributed by atoms with Crippen LogP contribution in [0.2, 0.25) is 0 Å². The molecule has 3 rings (SSSR count). The molecule has 0 atom stereocenters. The Bertz CT molecular complexity index is 957. The largest absolute Gasteiger partial charge is 0.419 e. The van der Waals surface area contributed by atoms with E-state index in [-0.39, 0.29) is 16.5 Å². The van der Waals surface area contributed by atoms with Gasteiger partial charge in [-0.3, -0.25) is 4.90 Å². The third kappa shape index (κ3) is 5.13. The number of aromatic nitrogens is 1. The summed E-state index contributed by atoms with van der Waals surface area (Å²) in [6, 6.07) is 8.26. The summed E-state index contributed by atoms with van der Waals surface area (Å²) in [7, 11) is -0.543. The zero-order chi connectivity index (χ0) is 20.9. The number of nitrogens with one attached hydrogen (secondary N) is 1. The van der Waals surface area contributed by atoms with Gasteiger partial charge in [-0.2, -0.15) is 10.2 Å². The van der Waals surface area contributed by atoms with Gasteiger partial charge in [-0.15, -0.1) is 0 Å². The third-order valence-electron chi connectivity index (χ3n) is 4.65. The monoisotopic (exact) mass is 419 g/mol. The second-order valence-electron chi connectivity index (χ2n) is 6.85. The predicted molar refractivity (Wildman–Crippen MR) is 108 cm³/mol. The van der Waals surface area contributed by atoms with E-state index in [2.05, 4.69) is 15.2 Å². The van der Waals surface area contributed by atoms with E-state index in [1.807, 2.05) is 6.07 Å². The molecule has 0 bridgehead atoms. The summed E-state index contributed by atoms with van der Waals surface area (Å²) in [5, 5.41) is 12.5. The van der Waals surface area contributed by atoms with Crippen LogP contribution in [0.25, 0.3) is 11.5 Å². The molecule has 2 heterocycles. The Morgan fingerprint density at radius 2 is 1.93 bits per heavy atom. The molecule has 0 aliphatic carbocycles. The third-order valence-corrected chi connectivity index (χ3v) is 6.48. The Labute approximate surface area is 170 Å². The van der Waals surface area contributed by atoms with Crippen LogP contribution in [0.5, 0.6) is 0 Å². The van der Waals surface area contributed by atoms with E-state index in [9.17, 15) is 13.7 Å². The van der Waals surface area contributed by atoms with Crippen LogP contribution in [-0.2, 0) is 14.8 Å². The SMILES string of the molecule is CN(C)S(=O)(=O)c1ccc(-c2nc(C#N)c(NCCCN3CCOCC3)o2)cc1. The first-order valence-electron chi connectivity index (χ1n) is 9.39. The minimum atomic E-state index is -3.50. The van der Waals surface area contributed by atoms with Gasteiger partial charge in [-0.05, 0) is 37.2 Å². The molecule has 1 aromatic heterocycles. The molecule has 1 saturated heterocycles. The van der Waals surface area contributed by atoms with Crippen LogP contribution < -0.4 is 5.32 Å². The summed E-state index contributed by atoms with van der Waals surface area (Å²) < 4.78 is 36.5. The summed E-state index contributed by atoms with van der Waals surface area (Å²) in [5.41, 5.74) is 0.775. The van der Waals surface area contributed by atoms with E-state index in [1.165, 1.54) is 26.2 Å². The van der Waals surface area contributed by atoms with E-state index >= 15 is 0 Å². The summed E-state index contributed by atoms with van der Waals surface area (Å²) in [6.07, 6.45) is 0.901. The van der Waals surface area contributed by atoms with Crippen LogP contribution >= 0.6 is 0 Å². The number of nitrogens with zero attached hydrogens (tertiary/aromatic N) is 4. The molecule has 10 heteroatoms. The van der Waals surface area contributed by atoms with Crippen LogP contribution in [0.1, 0.15) is 12.1 Å². The molecule has 1 aromatic carbocycles. The predicted octanol–water partition coefficient (Wildman–Crippen LogP) is 1.60. The maximum Gasteiger partial charge on any atom is 0.242 e. The zero-order valence-electron chi connectivity index (χ0n) is 16.6. The van der Waals surface area contributed by atoms with Gasteiger partial charge in [0, 0.05) is 39.3 Å². The molecule has 156 valence electrons. The fourth-order valence-corrected chi connectivity index (χ4v) is 3.85. The average molecular weight is 420 g/mol. The van der Waals surface area contributed by atoms with Crippen LogP contribution in [0.3, 0.4) is 0 Å². The van der Waals surface area contributed by atoms with Crippen molar-refractivity contribution in [2.75, 3.05) is 58.8 Å². The lowest BCUT2D eigenvalue weighted by atomic mass is 10.2. The Kier molecular flexibility index (Phi) is 6.87. The van der Waals surface area contributed by atoms with Crippen molar-refractivity contribution in [3.8, 4) is 17.5 Å². The molecule has 9 nitrogen and oxygen atoms in total. The van der Waals surface area contributed by atoms with Crippen molar-refractivity contribution < 1.29 is 17.6 Å². The molecule has 0 spiro atoms. The van der Waals surface area contributed by atoms with Gasteiger partial charge in [-0.1, -0.05) is 0 Å². The fraction of sp³-hybridized carbons (Fsp3) is 0.474. The van der Waals surface area contributed by atoms with E-state index in [0.717, 1.165) is 43.6 Å². The molecular formula is C19H25N5O4S. The number of anilines is 1. The lowest BCUT2D eigenvalue weighted by Crippen LogP contribution is -2.37. The molecule has 1 aliphatic rings. The van der Waals surface area contributed by atoms with Crippen LogP contribution in [-0.4, -0.2) is 76.1 Å². The van der Waals surface area contributed by atoms with Gasteiger partial charge in [0.05, 0.1) is 18.1 Å². The molecule has 0 saturated carbocycles. The fourth-order valence-electron chi connectivity index (χ4n) is 2.95. The van der Waals surface area contributed by atoms with E-state index < -0.39 is 10.0 Å². The number of rotatable bonds is 8. The van der Waals surface area contributed by atoms with E-state index in [1.54, 1.807) is 12.1 Å². The van der Waals surface area contributed by atoms with Gasteiger partial charge in [0.2, 0.25) is 27.5 Å². The molecule has 2 aromatic rings. The van der Waals surface area contributed by atoms with Crippen molar-refractivity contribution >= 4 is 15.9 Å². The molecule has 1 N–H and O–H groups in total. The van der Waals surface area contributed by atoms with Gasteiger partial charge in [0.15, 0.2) is 0 Å². The Hall–Kier alpha value is -2.45. The molecule has 0 amide bonds. The van der Waals surface area contributed by atoms with Gasteiger partial charge >= 0.3 is 0 Å². The van der Waals surface area contributed by atoms with Crippen LogP contribution in [0, 0.1) is 11.3 Å². The Morgan fingerprint density at radius 3 is 2.55 bits per heavy atom. The number of hydrogen-bond acceptors (Lipinski definition) is 8.